The SMILES string of the molecule is O.O.O.O.O.O.O.O.O.O.O=S(=O)(O)O.OB(O)O.[NaH]. The summed E-state index contributed by atoms with van der Waals surface area (Å²) in [5.41, 5.74) is 0. The van der Waals surface area contributed by atoms with Gasteiger partial charge in [-0.05, 0) is 0 Å². The van der Waals surface area contributed by atoms with Crippen LogP contribution in [-0.4, -0.2) is 124 Å². The molecule has 20 heavy (non-hydrogen) atoms. The Hall–Kier alpha value is 0.415. The average molecular weight is 364 g/mol. The van der Waals surface area contributed by atoms with Crippen LogP contribution in [0.5, 0.6) is 0 Å². The summed E-state index contributed by atoms with van der Waals surface area (Å²) in [6.07, 6.45) is 0. The molecule has 0 saturated heterocycles. The standard InChI is InChI=1S/BH3O3.Na.H2O4S.10H2O.H/c2-1(3)4;;1-5(2,3)4;;;;;;;;;;;/h2-4H;;(H2,1,2,3,4);10*1H2;. The molecule has 20 heteroatoms. The number of rotatable bonds is 0. The number of hydrogen-bond donors (Lipinski definition) is 5. The van der Waals surface area contributed by atoms with Crippen LogP contribution in [0.4, 0.5) is 0 Å². The molecule has 0 aromatic heterocycles. The van der Waals surface area contributed by atoms with E-state index in [9.17, 15) is 0 Å². The van der Waals surface area contributed by atoms with Crippen LogP contribution in [0.15, 0.2) is 0 Å². The molecule has 0 unspecified atom stereocenters. The molecule has 0 amide bonds. The molecular weight excluding hydrogens is 338 g/mol. The monoisotopic (exact) mass is 364 g/mol. The molecule has 0 bridgehead atoms. The summed E-state index contributed by atoms with van der Waals surface area (Å²) in [7, 11) is -6.83. The van der Waals surface area contributed by atoms with Gasteiger partial charge in [0.2, 0.25) is 0 Å². The Labute approximate surface area is 135 Å². The van der Waals surface area contributed by atoms with Crippen molar-refractivity contribution in [2.24, 2.45) is 0 Å². The third-order valence-corrected chi connectivity index (χ3v) is 0. The van der Waals surface area contributed by atoms with Crippen LogP contribution in [-0.2, 0) is 10.4 Å². The topological polar surface area (TPSA) is 450 Å². The van der Waals surface area contributed by atoms with Gasteiger partial charge in [-0.25, -0.2) is 0 Å². The molecule has 0 aliphatic heterocycles. The van der Waals surface area contributed by atoms with Gasteiger partial charge in [0, 0.05) is 0 Å². The van der Waals surface area contributed by atoms with Crippen molar-refractivity contribution in [3.8, 4) is 0 Å². The summed E-state index contributed by atoms with van der Waals surface area (Å²) in [6.45, 7) is 0. The molecule has 25 N–H and O–H groups in total. The van der Waals surface area contributed by atoms with Gasteiger partial charge in [0.1, 0.15) is 0 Å². The maximum atomic E-state index is 8.74. The third kappa shape index (κ3) is 32400. The molecule has 0 atom stereocenters. The van der Waals surface area contributed by atoms with E-state index in [-0.39, 0.29) is 84.3 Å². The van der Waals surface area contributed by atoms with Gasteiger partial charge in [-0.15, -0.1) is 0 Å². The van der Waals surface area contributed by atoms with E-state index >= 15 is 0 Å². The van der Waals surface area contributed by atoms with Crippen molar-refractivity contribution in [2.45, 2.75) is 0 Å². The Bertz CT molecular complexity index is 128. The maximum absolute atomic E-state index is 8.74. The van der Waals surface area contributed by atoms with E-state index in [2.05, 4.69) is 0 Å². The second-order valence-electron chi connectivity index (χ2n) is 0.794. The summed E-state index contributed by atoms with van der Waals surface area (Å²) < 4.78 is 31.6. The van der Waals surface area contributed by atoms with Crippen LogP contribution < -0.4 is 0 Å². The van der Waals surface area contributed by atoms with Gasteiger partial charge in [0.25, 0.3) is 0 Å². The van der Waals surface area contributed by atoms with Gasteiger partial charge in [-0.3, -0.25) is 9.11 Å². The van der Waals surface area contributed by atoms with Crippen molar-refractivity contribution in [1.29, 1.82) is 0 Å². The van der Waals surface area contributed by atoms with Crippen LogP contribution >= 0.6 is 0 Å². The van der Waals surface area contributed by atoms with E-state index in [0.29, 0.717) is 0 Å². The van der Waals surface area contributed by atoms with Gasteiger partial charge in [0.15, 0.2) is 0 Å². The fraction of sp³-hybridized carbons (Fsp3) is 0. The third-order valence-electron chi connectivity index (χ3n) is 0. The molecule has 0 aliphatic carbocycles. The number of hydrogen-bond acceptors (Lipinski definition) is 5. The summed E-state index contributed by atoms with van der Waals surface area (Å²) >= 11 is 0. The van der Waals surface area contributed by atoms with Crippen LogP contribution in [0, 0.1) is 0 Å². The van der Waals surface area contributed by atoms with E-state index in [4.69, 9.17) is 32.6 Å². The molecule has 17 nitrogen and oxygen atoms in total. The fourth-order valence-corrected chi connectivity index (χ4v) is 0. The zero-order valence-corrected chi connectivity index (χ0v) is 9.85. The Balaban J connectivity index is -0.00000000289. The predicted molar refractivity (Wildman–Crippen MR) is 69.9 cm³/mol. The van der Waals surface area contributed by atoms with Crippen molar-refractivity contribution in [3.63, 3.8) is 0 Å². The Kier molecular flexibility index (Phi) is 520. The first kappa shape index (κ1) is 140. The van der Waals surface area contributed by atoms with Crippen molar-refractivity contribution < 1.29 is 87.4 Å². The quantitative estimate of drug-likeness (QED) is 0.203. The predicted octanol–water partition coefficient (Wildman–Crippen LogP) is -11.6. The van der Waals surface area contributed by atoms with Crippen molar-refractivity contribution in [1.82, 2.24) is 0 Å². The van der Waals surface area contributed by atoms with E-state index in [0.717, 1.165) is 0 Å². The van der Waals surface area contributed by atoms with Crippen LogP contribution in [0.3, 0.4) is 0 Å². The average Bonchev–Trinajstić information content (AvgIpc) is 1.19. The molecule has 0 aromatic rings. The van der Waals surface area contributed by atoms with E-state index in [1.165, 1.54) is 0 Å². The van der Waals surface area contributed by atoms with E-state index in [1.807, 2.05) is 0 Å². The van der Waals surface area contributed by atoms with Gasteiger partial charge >= 0.3 is 47.3 Å². The second-order valence-corrected chi connectivity index (χ2v) is 1.69. The molecule has 0 spiro atoms. The molecule has 0 fully saturated rings. The first-order valence-electron chi connectivity index (χ1n) is 1.47. The van der Waals surface area contributed by atoms with Crippen molar-refractivity contribution >= 4 is 47.3 Å². The summed E-state index contributed by atoms with van der Waals surface area (Å²) in [6, 6.07) is 0. The zero-order valence-electron chi connectivity index (χ0n) is 9.04. The minimum absolute atomic E-state index is 0. The van der Waals surface area contributed by atoms with Crippen LogP contribution in [0.1, 0.15) is 0 Å². The Morgan fingerprint density at radius 1 is 0.550 bits per heavy atom. The summed E-state index contributed by atoms with van der Waals surface area (Å²) in [4.78, 5) is 0. The van der Waals surface area contributed by atoms with Crippen LogP contribution in [0.2, 0.25) is 0 Å². The van der Waals surface area contributed by atoms with E-state index < -0.39 is 17.7 Å². The summed E-state index contributed by atoms with van der Waals surface area (Å²) in [5, 5.41) is 21.5. The second kappa shape index (κ2) is 74.3. The molecule has 0 aliphatic rings. The van der Waals surface area contributed by atoms with Crippen molar-refractivity contribution in [3.05, 3.63) is 0 Å². The van der Waals surface area contributed by atoms with E-state index in [1.54, 1.807) is 0 Å². The van der Waals surface area contributed by atoms with Crippen molar-refractivity contribution in [2.75, 3.05) is 0 Å². The molecule has 0 saturated carbocycles. The Morgan fingerprint density at radius 3 is 0.550 bits per heavy atom. The molecule has 0 rings (SSSR count). The molecule has 0 radical (unpaired) electrons. The fourth-order valence-electron chi connectivity index (χ4n) is 0. The molecule has 138 valence electrons. The van der Waals surface area contributed by atoms with Gasteiger partial charge in [-0.2, -0.15) is 8.42 Å². The first-order valence-corrected chi connectivity index (χ1v) is 2.87. The van der Waals surface area contributed by atoms with Gasteiger partial charge < -0.3 is 69.8 Å². The summed E-state index contributed by atoms with van der Waals surface area (Å²) in [5.74, 6) is 0. The zero-order chi connectivity index (χ0) is 8.08. The normalized spacial score (nSPS) is 4.25. The molecule has 0 heterocycles. The van der Waals surface area contributed by atoms with Crippen LogP contribution in [0.25, 0.3) is 0 Å². The first-order chi connectivity index (χ1) is 3.73. The minimum atomic E-state index is -4.67. The Morgan fingerprint density at radius 2 is 0.550 bits per heavy atom. The molecule has 0 aromatic carbocycles. The van der Waals surface area contributed by atoms with Gasteiger partial charge in [-0.1, -0.05) is 0 Å². The molecular formula is H26BNaO17S. The van der Waals surface area contributed by atoms with Gasteiger partial charge in [0.05, 0.1) is 0 Å².